The number of ether oxygens (including phenoxy) is 1. The average molecular weight is 878 g/mol. The van der Waals surface area contributed by atoms with Crippen molar-refractivity contribution >= 4 is 40.8 Å². The minimum absolute atomic E-state index is 0.0165. The van der Waals surface area contributed by atoms with Crippen LogP contribution in [-0.4, -0.2) is 90.7 Å². The topological polar surface area (TPSA) is 216 Å². The van der Waals surface area contributed by atoms with Crippen molar-refractivity contribution in [2.45, 2.75) is 44.6 Å². The second kappa shape index (κ2) is 17.6. The standard InChI is InChI=1S/C46H43N11O8/c1-46(20-33-18-41(60)54(28-49-33)22-30-2-8-34(9-3-30)52-17-16-48-39(58)25-52)44(63)57(45(64)51-46)36-12-6-32(7-13-36)23-55-29-50-37(19-42(55)61)38-24-56(43(62)26-65-38)35-10-4-31(5-11-35)21-53-27-47-15-14-40(53)59/h2-15,18-19,27-29,38H,16-17,20-26H2,1H3,(H,48,58)(H,51,64). The summed E-state index contributed by atoms with van der Waals surface area (Å²) in [5.41, 5.74) is 2.84. The zero-order valence-corrected chi connectivity index (χ0v) is 35.2. The van der Waals surface area contributed by atoms with Gasteiger partial charge >= 0.3 is 6.03 Å². The maximum atomic E-state index is 13.8. The normalized spacial score (nSPS) is 18.8. The Morgan fingerprint density at radius 1 is 0.692 bits per heavy atom. The Hall–Kier alpha value is -8.06. The molecule has 65 heavy (non-hydrogen) atoms. The Morgan fingerprint density at radius 3 is 1.91 bits per heavy atom. The molecule has 3 saturated heterocycles. The van der Waals surface area contributed by atoms with Crippen LogP contribution in [0.15, 0.2) is 131 Å². The Balaban J connectivity index is 0.803. The summed E-state index contributed by atoms with van der Waals surface area (Å²) in [7, 11) is 0. The Morgan fingerprint density at radius 2 is 1.29 bits per heavy atom. The molecule has 0 radical (unpaired) electrons. The van der Waals surface area contributed by atoms with Crippen LogP contribution in [0.4, 0.5) is 21.9 Å². The van der Waals surface area contributed by atoms with Crippen LogP contribution in [0, 0.1) is 0 Å². The van der Waals surface area contributed by atoms with Crippen LogP contribution in [0.1, 0.15) is 41.1 Å². The lowest BCUT2D eigenvalue weighted by Crippen LogP contribution is -2.47. The van der Waals surface area contributed by atoms with Gasteiger partial charge in [-0.25, -0.2) is 24.6 Å². The SMILES string of the molecule is CC1(Cc2cc(=O)n(Cc3ccc(N4CCNC(=O)C4)cc3)cn2)NC(=O)N(c2ccc(Cn3cnc(C4CN(c5ccc(Cn6cnccc6=O)cc5)C(=O)CO4)cc3=O)cc2)C1=O. The quantitative estimate of drug-likeness (QED) is 0.168. The predicted molar refractivity (Wildman–Crippen MR) is 237 cm³/mol. The first-order valence-corrected chi connectivity index (χ1v) is 20.9. The van der Waals surface area contributed by atoms with Gasteiger partial charge in [-0.1, -0.05) is 36.4 Å². The molecular weight excluding hydrogens is 835 g/mol. The van der Waals surface area contributed by atoms with Gasteiger partial charge in [0.05, 0.1) is 68.8 Å². The van der Waals surface area contributed by atoms with Crippen LogP contribution in [0.3, 0.4) is 0 Å². The van der Waals surface area contributed by atoms with Crippen molar-refractivity contribution in [2.24, 2.45) is 0 Å². The maximum Gasteiger partial charge on any atom is 0.329 e. The summed E-state index contributed by atoms with van der Waals surface area (Å²) in [6.45, 7) is 3.88. The van der Waals surface area contributed by atoms with Gasteiger partial charge in [0, 0.05) is 55.3 Å². The zero-order chi connectivity index (χ0) is 45.2. The molecule has 2 atom stereocenters. The number of urea groups is 1. The number of nitrogens with zero attached hydrogens (tertiary/aromatic N) is 9. The number of imide groups is 1. The van der Waals surface area contributed by atoms with Gasteiger partial charge in [-0.2, -0.15) is 0 Å². The molecular formula is C46H43N11O8. The molecule has 2 unspecified atom stereocenters. The van der Waals surface area contributed by atoms with Crippen molar-refractivity contribution in [2.75, 3.05) is 47.5 Å². The maximum absolute atomic E-state index is 13.8. The molecule has 0 aliphatic carbocycles. The van der Waals surface area contributed by atoms with Gasteiger partial charge in [0.25, 0.3) is 28.5 Å². The van der Waals surface area contributed by atoms with Gasteiger partial charge in [-0.05, 0) is 60.0 Å². The molecule has 330 valence electrons. The molecule has 6 aromatic rings. The minimum Gasteiger partial charge on any atom is -0.360 e. The monoisotopic (exact) mass is 877 g/mol. The zero-order valence-electron chi connectivity index (χ0n) is 35.2. The molecule has 0 spiro atoms. The number of carbonyl (C=O) groups excluding carboxylic acids is 4. The number of hydrogen-bond donors (Lipinski definition) is 2. The number of amides is 5. The fourth-order valence-electron chi connectivity index (χ4n) is 8.10. The van der Waals surface area contributed by atoms with E-state index < -0.39 is 23.6 Å². The van der Waals surface area contributed by atoms with Crippen LogP contribution in [0.2, 0.25) is 0 Å². The summed E-state index contributed by atoms with van der Waals surface area (Å²) in [5, 5.41) is 5.58. The second-order valence-corrected chi connectivity index (χ2v) is 16.3. The van der Waals surface area contributed by atoms with E-state index in [9.17, 15) is 33.6 Å². The van der Waals surface area contributed by atoms with Crippen LogP contribution >= 0.6 is 0 Å². The largest absolute Gasteiger partial charge is 0.360 e. The van der Waals surface area contributed by atoms with E-state index >= 15 is 0 Å². The first-order chi connectivity index (χ1) is 31.4. The van der Waals surface area contributed by atoms with Crippen LogP contribution in [-0.2, 0) is 45.2 Å². The minimum atomic E-state index is -1.37. The van der Waals surface area contributed by atoms with Gasteiger partial charge in [0.1, 0.15) is 18.2 Å². The van der Waals surface area contributed by atoms with Crippen molar-refractivity contribution < 1.29 is 23.9 Å². The third-order valence-electron chi connectivity index (χ3n) is 11.7. The van der Waals surface area contributed by atoms with Gasteiger partial charge in [0.2, 0.25) is 5.91 Å². The number of piperazine rings is 1. The number of aromatic nitrogens is 6. The van der Waals surface area contributed by atoms with Crippen LogP contribution < -0.4 is 42.0 Å². The molecule has 6 heterocycles. The van der Waals surface area contributed by atoms with Gasteiger partial charge in [-0.15, -0.1) is 0 Å². The molecule has 9 rings (SSSR count). The molecule has 5 amide bonds. The van der Waals surface area contributed by atoms with E-state index in [1.807, 2.05) is 41.3 Å². The van der Waals surface area contributed by atoms with Gasteiger partial charge in [-0.3, -0.25) is 42.5 Å². The number of carbonyl (C=O) groups is 4. The molecule has 2 N–H and O–H groups in total. The highest BCUT2D eigenvalue weighted by Gasteiger charge is 2.48. The van der Waals surface area contributed by atoms with E-state index in [0.29, 0.717) is 54.5 Å². The Kier molecular flexibility index (Phi) is 11.4. The summed E-state index contributed by atoms with van der Waals surface area (Å²) in [6, 6.07) is 25.1. The van der Waals surface area contributed by atoms with E-state index in [1.54, 1.807) is 48.2 Å². The highest BCUT2D eigenvalue weighted by Crippen LogP contribution is 2.29. The highest BCUT2D eigenvalue weighted by atomic mass is 16.5. The van der Waals surface area contributed by atoms with E-state index in [1.165, 1.54) is 57.1 Å². The molecule has 19 nitrogen and oxygen atoms in total. The Bertz CT molecular complexity index is 2990. The van der Waals surface area contributed by atoms with Crippen LogP contribution in [0.5, 0.6) is 0 Å². The first-order valence-electron chi connectivity index (χ1n) is 20.9. The molecule has 19 heteroatoms. The lowest BCUT2D eigenvalue weighted by molar-refractivity contribution is -0.129. The number of rotatable bonds is 12. The first kappa shape index (κ1) is 42.3. The van der Waals surface area contributed by atoms with Crippen LogP contribution in [0.25, 0.3) is 0 Å². The summed E-state index contributed by atoms with van der Waals surface area (Å²) in [4.78, 5) is 108. The average Bonchev–Trinajstić information content (AvgIpc) is 3.52. The fraction of sp³-hybridized carbons (Fsp3) is 0.261. The third kappa shape index (κ3) is 9.07. The summed E-state index contributed by atoms with van der Waals surface area (Å²) >= 11 is 0. The lowest BCUT2D eigenvalue weighted by atomic mass is 9.95. The van der Waals surface area contributed by atoms with Crippen molar-refractivity contribution in [3.05, 3.63) is 175 Å². The van der Waals surface area contributed by atoms with E-state index in [4.69, 9.17) is 4.74 Å². The van der Waals surface area contributed by atoms with Gasteiger partial charge < -0.3 is 25.2 Å². The number of benzene rings is 3. The van der Waals surface area contributed by atoms with Crippen molar-refractivity contribution in [3.63, 3.8) is 0 Å². The predicted octanol–water partition coefficient (Wildman–Crippen LogP) is 1.60. The van der Waals surface area contributed by atoms with E-state index in [-0.39, 0.29) is 61.2 Å². The number of hydrogen-bond acceptors (Lipinski definition) is 12. The third-order valence-corrected chi connectivity index (χ3v) is 11.7. The number of nitrogens with one attached hydrogen (secondary N) is 2. The van der Waals surface area contributed by atoms with Crippen molar-refractivity contribution in [1.29, 1.82) is 0 Å². The summed E-state index contributed by atoms with van der Waals surface area (Å²) in [6.07, 6.45) is 5.08. The summed E-state index contributed by atoms with van der Waals surface area (Å²) in [5.74, 6) is -0.776. The lowest BCUT2D eigenvalue weighted by Gasteiger charge is -2.32. The summed E-state index contributed by atoms with van der Waals surface area (Å²) < 4.78 is 10.1. The molecule has 3 fully saturated rings. The van der Waals surface area contributed by atoms with E-state index in [0.717, 1.165) is 21.7 Å². The van der Waals surface area contributed by atoms with Crippen molar-refractivity contribution in [1.82, 2.24) is 39.3 Å². The molecule has 3 aromatic heterocycles. The molecule has 0 saturated carbocycles. The number of anilines is 3. The molecule has 3 aliphatic heterocycles. The second-order valence-electron chi connectivity index (χ2n) is 16.3. The molecule has 0 bridgehead atoms. The molecule has 3 aliphatic rings. The Labute approximate surface area is 370 Å². The highest BCUT2D eigenvalue weighted by molar-refractivity contribution is 6.23. The smallest absolute Gasteiger partial charge is 0.329 e. The fourth-order valence-corrected chi connectivity index (χ4v) is 8.10. The van der Waals surface area contributed by atoms with Crippen molar-refractivity contribution in [3.8, 4) is 0 Å². The van der Waals surface area contributed by atoms with Gasteiger partial charge in [0.15, 0.2) is 0 Å². The number of morpholine rings is 1. The molecule has 3 aromatic carbocycles. The van der Waals surface area contributed by atoms with E-state index in [2.05, 4.69) is 25.6 Å².